The molecule has 1 atom stereocenters. The van der Waals surface area contributed by atoms with Crippen molar-refractivity contribution in [3.63, 3.8) is 0 Å². The molecule has 0 fully saturated rings. The van der Waals surface area contributed by atoms with E-state index in [0.717, 1.165) is 0 Å². The van der Waals surface area contributed by atoms with E-state index in [0.29, 0.717) is 16.8 Å². The summed E-state index contributed by atoms with van der Waals surface area (Å²) >= 11 is 7.01. The summed E-state index contributed by atoms with van der Waals surface area (Å²) in [6.45, 7) is 4.14. The quantitative estimate of drug-likeness (QED) is 0.841. The molecule has 1 aromatic rings. The first-order valence-corrected chi connectivity index (χ1v) is 5.84. The molecular weight excluding hydrogens is 236 g/mol. The molecular formula is C9H13ClN2O2S. The van der Waals surface area contributed by atoms with Crippen LogP contribution in [0.15, 0.2) is 5.38 Å². The van der Waals surface area contributed by atoms with E-state index >= 15 is 0 Å². The second kappa shape index (κ2) is 5.32. The number of thiazole rings is 1. The first-order chi connectivity index (χ1) is 7.00. The number of carboxylic acid groups (broad SMARTS) is 1. The Bertz CT molecular complexity index is 341. The molecule has 0 aliphatic carbocycles. The fraction of sp³-hybridized carbons (Fsp3) is 0.556. The molecule has 15 heavy (non-hydrogen) atoms. The van der Waals surface area contributed by atoms with E-state index in [1.165, 1.54) is 11.3 Å². The zero-order valence-electron chi connectivity index (χ0n) is 8.53. The molecule has 6 heteroatoms. The number of carbonyl (C=O) groups is 1. The largest absolute Gasteiger partial charge is 0.481 e. The summed E-state index contributed by atoms with van der Waals surface area (Å²) in [7, 11) is 0. The van der Waals surface area contributed by atoms with Crippen molar-refractivity contribution >= 4 is 34.0 Å². The number of nitrogens with zero attached hydrogens (tertiary/aromatic N) is 1. The van der Waals surface area contributed by atoms with Crippen LogP contribution in [0.4, 0.5) is 5.13 Å². The number of hydrogen-bond donors (Lipinski definition) is 2. The molecule has 0 saturated carbocycles. The van der Waals surface area contributed by atoms with Crippen molar-refractivity contribution in [2.45, 2.75) is 13.8 Å². The van der Waals surface area contributed by atoms with Gasteiger partial charge in [0.2, 0.25) is 0 Å². The van der Waals surface area contributed by atoms with E-state index in [1.54, 1.807) is 5.38 Å². The maximum Gasteiger partial charge on any atom is 0.308 e. The number of anilines is 1. The van der Waals surface area contributed by atoms with Gasteiger partial charge in [0.05, 0.1) is 5.92 Å². The Hall–Kier alpha value is -0.810. The molecule has 0 aromatic carbocycles. The second-order valence-electron chi connectivity index (χ2n) is 3.55. The zero-order valence-corrected chi connectivity index (χ0v) is 10.1. The van der Waals surface area contributed by atoms with E-state index < -0.39 is 11.9 Å². The van der Waals surface area contributed by atoms with E-state index in [1.807, 2.05) is 13.8 Å². The van der Waals surface area contributed by atoms with Gasteiger partial charge in [0.15, 0.2) is 5.13 Å². The molecule has 84 valence electrons. The summed E-state index contributed by atoms with van der Waals surface area (Å²) in [6, 6.07) is 0. The van der Waals surface area contributed by atoms with E-state index in [4.69, 9.17) is 16.7 Å². The summed E-state index contributed by atoms with van der Waals surface area (Å²) in [5, 5.41) is 14.7. The predicted octanol–water partition coefficient (Wildman–Crippen LogP) is 2.57. The first-order valence-electron chi connectivity index (χ1n) is 4.58. The third-order valence-electron chi connectivity index (χ3n) is 2.07. The van der Waals surface area contributed by atoms with Crippen molar-refractivity contribution < 1.29 is 9.90 Å². The average Bonchev–Trinajstić information content (AvgIpc) is 2.50. The molecule has 0 aliphatic heterocycles. The number of hydrogen-bond acceptors (Lipinski definition) is 4. The highest BCUT2D eigenvalue weighted by Crippen LogP contribution is 2.20. The smallest absolute Gasteiger partial charge is 0.308 e. The van der Waals surface area contributed by atoms with Crippen molar-refractivity contribution in [1.29, 1.82) is 0 Å². The topological polar surface area (TPSA) is 62.2 Å². The average molecular weight is 249 g/mol. The standard InChI is InChI=1S/C9H13ClN2O2S/c1-5(2)6(8(13)14)3-11-9-12-7(10)4-15-9/h4-6H,3H2,1-2H3,(H,11,12)(H,13,14). The molecule has 1 rings (SSSR count). The van der Waals surface area contributed by atoms with Gasteiger partial charge in [-0.2, -0.15) is 0 Å². The van der Waals surface area contributed by atoms with Crippen molar-refractivity contribution in [3.05, 3.63) is 10.5 Å². The maximum absolute atomic E-state index is 10.9. The molecule has 0 aliphatic rings. The molecule has 2 N–H and O–H groups in total. The Morgan fingerprint density at radius 3 is 2.80 bits per heavy atom. The molecule has 0 saturated heterocycles. The van der Waals surface area contributed by atoms with Crippen LogP contribution < -0.4 is 5.32 Å². The zero-order chi connectivity index (χ0) is 11.4. The van der Waals surface area contributed by atoms with Gasteiger partial charge in [0, 0.05) is 11.9 Å². The minimum absolute atomic E-state index is 0.0884. The highest BCUT2D eigenvalue weighted by Gasteiger charge is 2.21. The van der Waals surface area contributed by atoms with Gasteiger partial charge in [-0.25, -0.2) is 4.98 Å². The number of nitrogens with one attached hydrogen (secondary N) is 1. The fourth-order valence-corrected chi connectivity index (χ4v) is 1.99. The maximum atomic E-state index is 10.9. The summed E-state index contributed by atoms with van der Waals surface area (Å²) in [5.74, 6) is -1.11. The van der Waals surface area contributed by atoms with E-state index in [-0.39, 0.29) is 5.92 Å². The van der Waals surface area contributed by atoms with Crippen LogP contribution in [0.3, 0.4) is 0 Å². The van der Waals surface area contributed by atoms with Gasteiger partial charge in [-0.3, -0.25) is 4.79 Å². The molecule has 4 nitrogen and oxygen atoms in total. The Kier molecular flexibility index (Phi) is 4.35. The first kappa shape index (κ1) is 12.3. The SMILES string of the molecule is CC(C)C(CNc1nc(Cl)cs1)C(=O)O. The minimum atomic E-state index is -0.792. The third kappa shape index (κ3) is 3.68. The minimum Gasteiger partial charge on any atom is -0.481 e. The van der Waals surface area contributed by atoms with Crippen LogP contribution >= 0.6 is 22.9 Å². The van der Waals surface area contributed by atoms with Crippen LogP contribution in [0.1, 0.15) is 13.8 Å². The van der Waals surface area contributed by atoms with Crippen LogP contribution in [0, 0.1) is 11.8 Å². The Morgan fingerprint density at radius 1 is 1.73 bits per heavy atom. The lowest BCUT2D eigenvalue weighted by atomic mass is 9.96. The van der Waals surface area contributed by atoms with Gasteiger partial charge < -0.3 is 10.4 Å². The number of carboxylic acids is 1. The van der Waals surface area contributed by atoms with Crippen LogP contribution in [-0.2, 0) is 4.79 Å². The van der Waals surface area contributed by atoms with Gasteiger partial charge in [-0.05, 0) is 5.92 Å². The van der Waals surface area contributed by atoms with Crippen LogP contribution in [0.5, 0.6) is 0 Å². The summed E-state index contributed by atoms with van der Waals surface area (Å²) in [6.07, 6.45) is 0. The van der Waals surface area contributed by atoms with Crippen molar-refractivity contribution in [1.82, 2.24) is 4.98 Å². The normalized spacial score (nSPS) is 12.8. The monoisotopic (exact) mass is 248 g/mol. The van der Waals surface area contributed by atoms with E-state index in [2.05, 4.69) is 10.3 Å². The Morgan fingerprint density at radius 2 is 2.40 bits per heavy atom. The van der Waals surface area contributed by atoms with Gasteiger partial charge in [-0.15, -0.1) is 11.3 Å². The number of aromatic nitrogens is 1. The second-order valence-corrected chi connectivity index (χ2v) is 4.79. The molecule has 0 bridgehead atoms. The number of aliphatic carboxylic acids is 1. The summed E-state index contributed by atoms with van der Waals surface area (Å²) < 4.78 is 0. The lowest BCUT2D eigenvalue weighted by Crippen LogP contribution is -2.27. The lowest BCUT2D eigenvalue weighted by molar-refractivity contribution is -0.142. The van der Waals surface area contributed by atoms with Crippen LogP contribution in [0.25, 0.3) is 0 Å². The highest BCUT2D eigenvalue weighted by atomic mass is 35.5. The van der Waals surface area contributed by atoms with Crippen LogP contribution in [0.2, 0.25) is 5.15 Å². The molecule has 1 aromatic heterocycles. The summed E-state index contributed by atoms with van der Waals surface area (Å²) in [5.41, 5.74) is 0. The van der Waals surface area contributed by atoms with Gasteiger partial charge in [-0.1, -0.05) is 25.4 Å². The lowest BCUT2D eigenvalue weighted by Gasteiger charge is -2.15. The highest BCUT2D eigenvalue weighted by molar-refractivity contribution is 7.14. The van der Waals surface area contributed by atoms with Crippen molar-refractivity contribution in [3.8, 4) is 0 Å². The van der Waals surface area contributed by atoms with E-state index in [9.17, 15) is 4.79 Å². The molecule has 0 spiro atoms. The predicted molar refractivity (Wildman–Crippen MR) is 61.6 cm³/mol. The molecule has 1 unspecified atom stereocenters. The fourth-order valence-electron chi connectivity index (χ4n) is 1.14. The Balaban J connectivity index is 2.50. The number of rotatable bonds is 5. The summed E-state index contributed by atoms with van der Waals surface area (Å²) in [4.78, 5) is 14.9. The molecule has 0 amide bonds. The molecule has 0 radical (unpaired) electrons. The van der Waals surface area contributed by atoms with Crippen molar-refractivity contribution in [2.75, 3.05) is 11.9 Å². The van der Waals surface area contributed by atoms with Gasteiger partial charge in [0.1, 0.15) is 5.15 Å². The van der Waals surface area contributed by atoms with Gasteiger partial charge >= 0.3 is 5.97 Å². The van der Waals surface area contributed by atoms with Gasteiger partial charge in [0.25, 0.3) is 0 Å². The number of halogens is 1. The van der Waals surface area contributed by atoms with Crippen molar-refractivity contribution in [2.24, 2.45) is 11.8 Å². The third-order valence-corrected chi connectivity index (χ3v) is 3.19. The van der Waals surface area contributed by atoms with Crippen LogP contribution in [-0.4, -0.2) is 22.6 Å². The molecule has 1 heterocycles. The Labute approximate surface area is 97.3 Å².